The van der Waals surface area contributed by atoms with E-state index in [-0.39, 0.29) is 5.91 Å². The Morgan fingerprint density at radius 1 is 1.03 bits per heavy atom. The number of ether oxygens (including phenoxy) is 1. The highest BCUT2D eigenvalue weighted by molar-refractivity contribution is 7.18. The molecule has 0 spiro atoms. The molecule has 2 aromatic carbocycles. The van der Waals surface area contributed by atoms with E-state index in [9.17, 15) is 4.79 Å². The summed E-state index contributed by atoms with van der Waals surface area (Å²) in [6.07, 6.45) is 5.37. The second-order valence-corrected chi connectivity index (χ2v) is 8.30. The van der Waals surface area contributed by atoms with Gasteiger partial charge in [0.15, 0.2) is 0 Å². The lowest BCUT2D eigenvalue weighted by Gasteiger charge is -2.28. The van der Waals surface area contributed by atoms with Crippen LogP contribution in [0.2, 0.25) is 0 Å². The molecule has 0 aliphatic carbocycles. The lowest BCUT2D eigenvalue weighted by molar-refractivity contribution is 0.103. The highest BCUT2D eigenvalue weighted by atomic mass is 32.1. The summed E-state index contributed by atoms with van der Waals surface area (Å²) in [7, 11) is 0. The maximum absolute atomic E-state index is 13.0. The standard InChI is InChI=1S/C24H22N4O2S/c29-23(26-19-6-8-20(9-7-19)28-11-10-25-17-28)22-16-21(18-4-2-1-3-5-18)24(31-22)27-12-14-30-15-13-27/h1-11,16-17H,12-15H2,(H,26,29). The van der Waals surface area contributed by atoms with Gasteiger partial charge in [0.25, 0.3) is 5.91 Å². The fraction of sp³-hybridized carbons (Fsp3) is 0.167. The summed E-state index contributed by atoms with van der Waals surface area (Å²) >= 11 is 1.54. The van der Waals surface area contributed by atoms with E-state index in [2.05, 4.69) is 27.3 Å². The van der Waals surface area contributed by atoms with Gasteiger partial charge < -0.3 is 19.5 Å². The van der Waals surface area contributed by atoms with Crippen LogP contribution in [-0.4, -0.2) is 41.8 Å². The van der Waals surface area contributed by atoms with E-state index in [0.29, 0.717) is 18.1 Å². The molecule has 3 heterocycles. The SMILES string of the molecule is O=C(Nc1ccc(-n2ccnc2)cc1)c1cc(-c2ccccc2)c(N2CCOCC2)s1. The van der Waals surface area contributed by atoms with E-state index in [1.54, 1.807) is 12.5 Å². The Bertz CT molecular complexity index is 1150. The molecule has 1 aliphatic rings. The molecule has 0 saturated carbocycles. The van der Waals surface area contributed by atoms with Crippen LogP contribution < -0.4 is 10.2 Å². The molecule has 6 nitrogen and oxygen atoms in total. The molecule has 0 atom stereocenters. The summed E-state index contributed by atoms with van der Waals surface area (Å²) in [5.41, 5.74) is 3.96. The summed E-state index contributed by atoms with van der Waals surface area (Å²) in [5, 5.41) is 4.15. The zero-order valence-electron chi connectivity index (χ0n) is 16.9. The molecular formula is C24H22N4O2S. The molecule has 4 aromatic rings. The van der Waals surface area contributed by atoms with Crippen molar-refractivity contribution in [3.05, 3.63) is 84.3 Å². The third-order valence-electron chi connectivity index (χ3n) is 5.25. The first-order chi connectivity index (χ1) is 15.3. The highest BCUT2D eigenvalue weighted by Gasteiger charge is 2.22. The van der Waals surface area contributed by atoms with Crippen molar-refractivity contribution >= 4 is 27.9 Å². The Labute approximate surface area is 184 Å². The number of amides is 1. The van der Waals surface area contributed by atoms with E-state index in [4.69, 9.17) is 4.74 Å². The number of nitrogens with zero attached hydrogens (tertiary/aromatic N) is 3. The van der Waals surface area contributed by atoms with Crippen LogP contribution in [-0.2, 0) is 4.74 Å². The van der Waals surface area contributed by atoms with Crippen LogP contribution in [0.4, 0.5) is 10.7 Å². The van der Waals surface area contributed by atoms with Crippen LogP contribution in [0.25, 0.3) is 16.8 Å². The van der Waals surface area contributed by atoms with Crippen LogP contribution in [0.1, 0.15) is 9.67 Å². The summed E-state index contributed by atoms with van der Waals surface area (Å²) in [4.78, 5) is 20.1. The topological polar surface area (TPSA) is 59.4 Å². The van der Waals surface area contributed by atoms with Crippen molar-refractivity contribution in [1.29, 1.82) is 0 Å². The van der Waals surface area contributed by atoms with Crippen molar-refractivity contribution < 1.29 is 9.53 Å². The van der Waals surface area contributed by atoms with Gasteiger partial charge in [0.2, 0.25) is 0 Å². The number of benzene rings is 2. The van der Waals surface area contributed by atoms with Crippen molar-refractivity contribution in [3.8, 4) is 16.8 Å². The molecule has 156 valence electrons. The molecule has 5 rings (SSSR count). The minimum absolute atomic E-state index is 0.0999. The minimum atomic E-state index is -0.0999. The number of rotatable bonds is 5. The van der Waals surface area contributed by atoms with E-state index in [0.717, 1.165) is 40.6 Å². The van der Waals surface area contributed by atoms with Crippen molar-refractivity contribution in [3.63, 3.8) is 0 Å². The van der Waals surface area contributed by atoms with Crippen LogP contribution in [0, 0.1) is 0 Å². The molecule has 1 saturated heterocycles. The molecule has 1 aliphatic heterocycles. The van der Waals surface area contributed by atoms with E-state index >= 15 is 0 Å². The third-order valence-corrected chi connectivity index (χ3v) is 6.44. The molecule has 7 heteroatoms. The average Bonchev–Trinajstić information content (AvgIpc) is 3.52. The fourth-order valence-corrected chi connectivity index (χ4v) is 4.77. The predicted molar refractivity (Wildman–Crippen MR) is 124 cm³/mol. The Kier molecular flexibility index (Phi) is 5.52. The Morgan fingerprint density at radius 2 is 1.81 bits per heavy atom. The predicted octanol–water partition coefficient (Wildman–Crippen LogP) is 4.69. The summed E-state index contributed by atoms with van der Waals surface area (Å²) in [5.74, 6) is -0.0999. The number of thiophene rings is 1. The molecular weight excluding hydrogens is 408 g/mol. The normalized spacial score (nSPS) is 13.9. The van der Waals surface area contributed by atoms with E-state index < -0.39 is 0 Å². The number of hydrogen-bond donors (Lipinski definition) is 1. The Hall–Kier alpha value is -3.42. The fourth-order valence-electron chi connectivity index (χ4n) is 3.64. The van der Waals surface area contributed by atoms with Gasteiger partial charge in [0, 0.05) is 42.4 Å². The van der Waals surface area contributed by atoms with Gasteiger partial charge in [0.05, 0.1) is 29.4 Å². The van der Waals surface area contributed by atoms with Crippen LogP contribution in [0.5, 0.6) is 0 Å². The molecule has 0 radical (unpaired) electrons. The first-order valence-corrected chi connectivity index (χ1v) is 11.0. The molecule has 1 fully saturated rings. The average molecular weight is 431 g/mol. The number of carbonyl (C=O) groups excluding carboxylic acids is 1. The van der Waals surface area contributed by atoms with Crippen LogP contribution >= 0.6 is 11.3 Å². The second-order valence-electron chi connectivity index (χ2n) is 7.27. The minimum Gasteiger partial charge on any atom is -0.378 e. The lowest BCUT2D eigenvalue weighted by atomic mass is 10.1. The smallest absolute Gasteiger partial charge is 0.265 e. The Balaban J connectivity index is 1.40. The van der Waals surface area contributed by atoms with Gasteiger partial charge in [-0.15, -0.1) is 11.3 Å². The van der Waals surface area contributed by atoms with E-state index in [1.165, 1.54) is 11.3 Å². The molecule has 31 heavy (non-hydrogen) atoms. The molecule has 2 aromatic heterocycles. The first kappa shape index (κ1) is 19.5. The number of anilines is 2. The largest absolute Gasteiger partial charge is 0.378 e. The van der Waals surface area contributed by atoms with Crippen molar-refractivity contribution in [2.24, 2.45) is 0 Å². The van der Waals surface area contributed by atoms with Gasteiger partial charge in [-0.25, -0.2) is 4.98 Å². The zero-order valence-corrected chi connectivity index (χ0v) is 17.7. The number of carbonyl (C=O) groups is 1. The zero-order chi connectivity index (χ0) is 21.0. The van der Waals surface area contributed by atoms with Gasteiger partial charge in [-0.3, -0.25) is 4.79 Å². The first-order valence-electron chi connectivity index (χ1n) is 10.2. The van der Waals surface area contributed by atoms with Gasteiger partial charge in [0.1, 0.15) is 0 Å². The van der Waals surface area contributed by atoms with Crippen molar-refractivity contribution in [1.82, 2.24) is 9.55 Å². The van der Waals surface area contributed by atoms with Crippen molar-refractivity contribution in [2.75, 3.05) is 36.5 Å². The second kappa shape index (κ2) is 8.75. The van der Waals surface area contributed by atoms with E-state index in [1.807, 2.05) is 59.3 Å². The highest BCUT2D eigenvalue weighted by Crippen LogP contribution is 2.39. The van der Waals surface area contributed by atoms with Crippen molar-refractivity contribution in [2.45, 2.75) is 0 Å². The molecule has 0 bridgehead atoms. The molecule has 0 unspecified atom stereocenters. The maximum Gasteiger partial charge on any atom is 0.265 e. The van der Waals surface area contributed by atoms with Gasteiger partial charge >= 0.3 is 0 Å². The van der Waals surface area contributed by atoms with Crippen LogP contribution in [0.3, 0.4) is 0 Å². The number of morpholine rings is 1. The van der Waals surface area contributed by atoms with Crippen LogP contribution in [0.15, 0.2) is 79.4 Å². The maximum atomic E-state index is 13.0. The Morgan fingerprint density at radius 3 is 2.52 bits per heavy atom. The summed E-state index contributed by atoms with van der Waals surface area (Å²) in [6, 6.07) is 20.0. The number of hydrogen-bond acceptors (Lipinski definition) is 5. The number of aromatic nitrogens is 2. The number of imidazole rings is 1. The van der Waals surface area contributed by atoms with Gasteiger partial charge in [-0.05, 0) is 35.9 Å². The van der Waals surface area contributed by atoms with Gasteiger partial charge in [-0.1, -0.05) is 30.3 Å². The third kappa shape index (κ3) is 4.23. The van der Waals surface area contributed by atoms with Gasteiger partial charge in [-0.2, -0.15) is 0 Å². The summed E-state index contributed by atoms with van der Waals surface area (Å²) in [6.45, 7) is 3.07. The quantitative estimate of drug-likeness (QED) is 0.499. The monoisotopic (exact) mass is 430 g/mol. The summed E-state index contributed by atoms with van der Waals surface area (Å²) < 4.78 is 7.44. The lowest BCUT2D eigenvalue weighted by Crippen LogP contribution is -2.35. The molecule has 1 N–H and O–H groups in total. The number of nitrogens with one attached hydrogen (secondary N) is 1. The molecule has 1 amide bonds.